The average Bonchev–Trinajstić information content (AvgIpc) is 1.65. The first kappa shape index (κ1) is 88.0. The molecule has 8 fully saturated rings. The summed E-state index contributed by atoms with van der Waals surface area (Å²) in [4.78, 5) is 76.7. The number of hydrogen-bond acceptors (Lipinski definition) is 19. The molecule has 8 aliphatic rings. The van der Waals surface area contributed by atoms with Crippen molar-refractivity contribution in [2.24, 2.45) is 58.2 Å². The largest absolute Gasteiger partial charge is 0.496 e. The fourth-order valence-corrected chi connectivity index (χ4v) is 19.8. The zero-order chi connectivity index (χ0) is 83.2. The minimum atomic E-state index is -0.926. The molecule has 0 radical (unpaired) electrons. The number of nitrogens with zero attached hydrogens (tertiary/aromatic N) is 6. The Morgan fingerprint density at radius 2 is 1.11 bits per heavy atom. The molecule has 22 heteroatoms. The molecule has 115 heavy (non-hydrogen) atoms. The van der Waals surface area contributed by atoms with Gasteiger partial charge in [0.25, 0.3) is 11.8 Å². The van der Waals surface area contributed by atoms with E-state index in [1.54, 1.807) is 31.2 Å². The number of hydroxylamine groups is 4. The zero-order valence-electron chi connectivity index (χ0n) is 71.6. The monoisotopic (exact) mass is 1580 g/mol. The summed E-state index contributed by atoms with van der Waals surface area (Å²) in [5.74, 6) is 2.44. The lowest BCUT2D eigenvalue weighted by Crippen LogP contribution is -2.63. The Labute approximate surface area is 683 Å². The van der Waals surface area contributed by atoms with E-state index in [0.717, 1.165) is 71.1 Å². The van der Waals surface area contributed by atoms with Gasteiger partial charge in [0.15, 0.2) is 5.78 Å². The standard InChI is InChI=1S/C47H65N5O7.C46H67N5O5/c1-27(30-15-12-11-13-16-30)43(55)39(25-50(6)7)49-45(56)33-19-32(20-35(21-33)51(8)9)36-18-14-17-31(44(36)58-10)24-52-42(41(29(3)54)40(26-53)59-52)46(57)48-38-23-34-22-37(28(38)2)47(34,4)5;1-29-39-25-36(46(39,4)5)26-40(29)48-30(2)43-42(31(3)53)41(28-52)56-51(43)27-33-16-13-17-38(44(33)55-21-20-49(6)7)34-22-35(24-37(23-34)50(8)9)45(54)47-19-18-32-14-11-10-12-15-32/h11-21,27-29,34,37-42,53-54H,22-26H2,1-10H3,(H,48,57)(H,49,56);10-17,22-24,29-31,36,39-43,48,52-53H,18-21,25-28H2,1-9H3,(H,47,54)/t27?,28-,29-,34+,37-,38-,39+,40-,41-,42-;29-,30?,31-,36+,39-,40-,41-,42+,43+/m00/s1. The number of likely N-dealkylation sites (N-methyl/N-ethyl adjacent to an activating group) is 2. The first-order chi connectivity index (χ1) is 54.6. The summed E-state index contributed by atoms with van der Waals surface area (Å²) in [6, 6.07) is 41.7. The summed E-state index contributed by atoms with van der Waals surface area (Å²) in [5, 5.41) is 60.2. The van der Waals surface area contributed by atoms with E-state index in [2.05, 4.69) is 105 Å². The van der Waals surface area contributed by atoms with E-state index < -0.39 is 48.3 Å². The molecule has 2 unspecified atom stereocenters. The lowest BCUT2D eigenvalue weighted by Gasteiger charge is -2.62. The van der Waals surface area contributed by atoms with Gasteiger partial charge in [-0.1, -0.05) is 146 Å². The van der Waals surface area contributed by atoms with Gasteiger partial charge >= 0.3 is 0 Å². The maximum Gasteiger partial charge on any atom is 0.252 e. The average molecular weight is 1580 g/mol. The van der Waals surface area contributed by atoms with Crippen LogP contribution in [-0.2, 0) is 38.8 Å². The summed E-state index contributed by atoms with van der Waals surface area (Å²) >= 11 is 0. The number of anilines is 2. The summed E-state index contributed by atoms with van der Waals surface area (Å²) in [5.41, 5.74) is 10.2. The first-order valence-electron chi connectivity index (χ1n) is 41.7. The number of nitrogens with one attached hydrogen (secondary N) is 4. The van der Waals surface area contributed by atoms with Crippen molar-refractivity contribution in [1.29, 1.82) is 0 Å². The van der Waals surface area contributed by atoms with Gasteiger partial charge in [0, 0.05) is 128 Å². The summed E-state index contributed by atoms with van der Waals surface area (Å²) in [6.07, 6.45) is 2.37. The van der Waals surface area contributed by atoms with Gasteiger partial charge < -0.3 is 70.8 Å². The van der Waals surface area contributed by atoms with E-state index in [1.165, 1.54) is 18.4 Å². The number of carbonyl (C=O) groups is 4. The molecule has 0 aromatic heterocycles. The topological polar surface area (TPSA) is 254 Å². The van der Waals surface area contributed by atoms with Crippen LogP contribution in [0, 0.1) is 58.2 Å². The van der Waals surface area contributed by atoms with Crippen molar-refractivity contribution in [3.63, 3.8) is 0 Å². The minimum Gasteiger partial charge on any atom is -0.496 e. The Balaban J connectivity index is 0.000000227. The van der Waals surface area contributed by atoms with Crippen LogP contribution >= 0.6 is 0 Å². The number of aliphatic hydroxyl groups excluding tert-OH is 4. The Bertz CT molecular complexity index is 4270. The third-order valence-corrected chi connectivity index (χ3v) is 26.9. The molecule has 2 saturated heterocycles. The van der Waals surface area contributed by atoms with E-state index in [4.69, 9.17) is 19.1 Å². The van der Waals surface area contributed by atoms with E-state index >= 15 is 0 Å². The van der Waals surface area contributed by atoms with Crippen LogP contribution in [0.4, 0.5) is 11.4 Å². The number of carbonyl (C=O) groups excluding carboxylic acids is 4. The predicted octanol–water partition coefficient (Wildman–Crippen LogP) is 11.0. The molecule has 6 aromatic carbocycles. The zero-order valence-corrected chi connectivity index (χ0v) is 71.6. The van der Waals surface area contributed by atoms with Crippen molar-refractivity contribution in [3.05, 3.63) is 167 Å². The van der Waals surface area contributed by atoms with Crippen LogP contribution in [0.3, 0.4) is 0 Å². The molecule has 2 aliphatic heterocycles. The number of para-hydroxylation sites is 2. The normalized spacial score (nSPS) is 26.5. The van der Waals surface area contributed by atoms with Gasteiger partial charge in [0.05, 0.1) is 51.7 Å². The van der Waals surface area contributed by atoms with Crippen molar-refractivity contribution in [1.82, 2.24) is 41.2 Å². The van der Waals surface area contributed by atoms with Crippen molar-refractivity contribution >= 4 is 34.9 Å². The molecule has 8 N–H and O–H groups in total. The number of aliphatic hydroxyl groups is 4. The number of rotatable bonds is 33. The van der Waals surface area contributed by atoms with E-state index in [0.29, 0.717) is 101 Å². The summed E-state index contributed by atoms with van der Waals surface area (Å²) in [7, 11) is 17.2. The number of benzene rings is 6. The van der Waals surface area contributed by atoms with Gasteiger partial charge in [-0.25, -0.2) is 0 Å². The predicted molar refractivity (Wildman–Crippen MR) is 455 cm³/mol. The molecule has 626 valence electrons. The number of methoxy groups -OCH3 is 1. The van der Waals surface area contributed by atoms with Crippen molar-refractivity contribution in [3.8, 4) is 33.8 Å². The van der Waals surface area contributed by atoms with Crippen LogP contribution in [0.15, 0.2) is 133 Å². The van der Waals surface area contributed by atoms with Gasteiger partial charge in [-0.3, -0.25) is 28.9 Å². The molecule has 6 aliphatic carbocycles. The molecule has 4 bridgehead atoms. The van der Waals surface area contributed by atoms with Gasteiger partial charge in [-0.05, 0) is 186 Å². The van der Waals surface area contributed by atoms with Gasteiger partial charge in [-0.15, -0.1) is 0 Å². The third-order valence-electron chi connectivity index (χ3n) is 26.9. The van der Waals surface area contributed by atoms with Gasteiger partial charge in [0.1, 0.15) is 42.4 Å². The SMILES string of the molecule is CC(N[C@H]1C[C@H]2C[C@@H]([C@@H]1C)C2(C)C)[C@@H]1[C@H]([C@H](C)O)[C@H](CO)ON1Cc1cccc(-c2cc(C(=O)NCCc3ccccc3)cc(N(C)C)c2)c1OCCN(C)C.COc1c(CN2O[C@@H](CO)[C@H]([C@H](C)O)[C@H]2C(=O)N[C@H]2C[C@H]3C[C@@H]([C@@H]2C)C3(C)C)cccc1-c1cc(C(=O)N[C@H](CN(C)C)C(=O)C(C)c2ccccc2)cc(N(C)C)c1. The van der Waals surface area contributed by atoms with Crippen molar-refractivity contribution in [2.45, 2.75) is 181 Å². The molecule has 0 spiro atoms. The van der Waals surface area contributed by atoms with Crippen molar-refractivity contribution < 1.29 is 58.8 Å². The van der Waals surface area contributed by atoms with Gasteiger partial charge in [0.2, 0.25) is 5.91 Å². The third kappa shape index (κ3) is 19.6. The second kappa shape index (κ2) is 37.8. The molecule has 14 rings (SSSR count). The molecular formula is C93H132N10O12. The minimum absolute atomic E-state index is 0.0137. The van der Waals surface area contributed by atoms with Crippen LogP contribution in [0.2, 0.25) is 0 Å². The molecule has 22 nitrogen and oxygen atoms in total. The highest BCUT2D eigenvalue weighted by atomic mass is 16.7. The molecule has 19 atom stereocenters. The fourth-order valence-electron chi connectivity index (χ4n) is 19.8. The van der Waals surface area contributed by atoms with Crippen LogP contribution in [0.25, 0.3) is 22.3 Å². The Morgan fingerprint density at radius 1 is 0.600 bits per heavy atom. The maximum atomic E-state index is 14.3. The molecule has 6 saturated carbocycles. The maximum absolute atomic E-state index is 14.3. The number of ketones is 1. The molecular weight excluding hydrogens is 1450 g/mol. The quantitative estimate of drug-likeness (QED) is 0.0191. The second-order valence-electron chi connectivity index (χ2n) is 36.0. The van der Waals surface area contributed by atoms with E-state index in [-0.39, 0.29) is 72.7 Å². The summed E-state index contributed by atoms with van der Waals surface area (Å²) < 4.78 is 12.8. The number of Topliss-reactive ketones (excluding diaryl/α,β-unsaturated/α-hetero) is 1. The highest BCUT2D eigenvalue weighted by Crippen LogP contribution is 2.62. The molecule has 3 amide bonds. The Hall–Kier alpha value is -7.84. The van der Waals surface area contributed by atoms with E-state index in [9.17, 15) is 39.6 Å². The lowest BCUT2D eigenvalue weighted by atomic mass is 9.44. The Morgan fingerprint density at radius 3 is 1.63 bits per heavy atom. The first-order valence-corrected chi connectivity index (χ1v) is 41.7. The van der Waals surface area contributed by atoms with Crippen molar-refractivity contribution in [2.75, 3.05) is 113 Å². The fraction of sp³-hybridized carbons (Fsp3) is 0.570. The second-order valence-corrected chi connectivity index (χ2v) is 36.0. The number of hydrogen-bond donors (Lipinski definition) is 8. The summed E-state index contributed by atoms with van der Waals surface area (Å²) in [6.45, 7) is 23.7. The Kier molecular flexibility index (Phi) is 28.9. The van der Waals surface area contributed by atoms with Crippen LogP contribution < -0.4 is 40.5 Å². The lowest BCUT2D eigenvalue weighted by molar-refractivity contribution is -0.183. The number of amides is 3. The van der Waals surface area contributed by atoms with Crippen LogP contribution in [0.1, 0.15) is 144 Å². The molecule has 6 aromatic rings. The van der Waals surface area contributed by atoms with Crippen LogP contribution in [-0.4, -0.2) is 227 Å². The number of fused-ring (bicyclic) bond motifs is 4. The van der Waals surface area contributed by atoms with Gasteiger partial charge in [-0.2, -0.15) is 10.1 Å². The number of ether oxygens (including phenoxy) is 2. The highest BCUT2D eigenvalue weighted by Gasteiger charge is 2.59. The van der Waals surface area contributed by atoms with E-state index in [1.807, 2.05) is 181 Å². The molecule has 2 heterocycles. The van der Waals surface area contributed by atoms with Crippen LogP contribution in [0.5, 0.6) is 11.5 Å². The smallest absolute Gasteiger partial charge is 0.252 e. The highest BCUT2D eigenvalue weighted by molar-refractivity contribution is 6.01.